The summed E-state index contributed by atoms with van der Waals surface area (Å²) >= 11 is 0. The molecule has 0 spiro atoms. The molecule has 4 rings (SSSR count). The number of nitrogens with zero attached hydrogens (tertiary/aromatic N) is 5. The lowest BCUT2D eigenvalue weighted by molar-refractivity contribution is -0.384. The van der Waals surface area contributed by atoms with Crippen LogP contribution in [0.15, 0.2) is 42.5 Å². The number of hydrogen-bond donors (Lipinski definition) is 0. The molecule has 2 aromatic rings. The van der Waals surface area contributed by atoms with E-state index in [9.17, 15) is 14.9 Å². The number of rotatable bonds is 5. The molecule has 0 radical (unpaired) electrons. The predicted octanol–water partition coefficient (Wildman–Crippen LogP) is 2.32. The predicted molar refractivity (Wildman–Crippen MR) is 124 cm³/mol. The van der Waals surface area contributed by atoms with Gasteiger partial charge in [-0.2, -0.15) is 0 Å². The topological polar surface area (TPSA) is 82.4 Å². The summed E-state index contributed by atoms with van der Waals surface area (Å²) in [5.41, 5.74) is 1.95. The Labute approximate surface area is 187 Å². The van der Waals surface area contributed by atoms with Crippen molar-refractivity contribution in [1.29, 1.82) is 0 Å². The third kappa shape index (κ3) is 4.47. The van der Waals surface area contributed by atoms with E-state index in [0.29, 0.717) is 37.4 Å². The number of para-hydroxylation sites is 2. The van der Waals surface area contributed by atoms with Crippen LogP contribution in [-0.4, -0.2) is 87.1 Å². The van der Waals surface area contributed by atoms with Crippen molar-refractivity contribution in [3.8, 4) is 5.75 Å². The second kappa shape index (κ2) is 9.44. The molecule has 9 heteroatoms. The van der Waals surface area contributed by atoms with Gasteiger partial charge < -0.3 is 24.3 Å². The van der Waals surface area contributed by atoms with Crippen LogP contribution in [0.25, 0.3) is 0 Å². The number of amides is 1. The van der Waals surface area contributed by atoms with Gasteiger partial charge in [-0.3, -0.25) is 14.9 Å². The van der Waals surface area contributed by atoms with Gasteiger partial charge in [0.15, 0.2) is 0 Å². The molecule has 170 valence electrons. The van der Waals surface area contributed by atoms with Crippen LogP contribution >= 0.6 is 0 Å². The van der Waals surface area contributed by atoms with E-state index in [4.69, 9.17) is 4.74 Å². The first-order valence-electron chi connectivity index (χ1n) is 10.9. The highest BCUT2D eigenvalue weighted by Crippen LogP contribution is 2.31. The van der Waals surface area contributed by atoms with E-state index >= 15 is 0 Å². The summed E-state index contributed by atoms with van der Waals surface area (Å²) in [6.45, 7) is 5.62. The van der Waals surface area contributed by atoms with Crippen molar-refractivity contribution in [3.63, 3.8) is 0 Å². The lowest BCUT2D eigenvalue weighted by atomic mass is 10.1. The minimum absolute atomic E-state index is 0.00643. The van der Waals surface area contributed by atoms with Crippen LogP contribution in [0.5, 0.6) is 5.75 Å². The number of piperazine rings is 2. The van der Waals surface area contributed by atoms with Crippen LogP contribution < -0.4 is 14.5 Å². The zero-order chi connectivity index (χ0) is 22.7. The van der Waals surface area contributed by atoms with Crippen LogP contribution in [0, 0.1) is 10.1 Å². The monoisotopic (exact) mass is 439 g/mol. The molecule has 0 bridgehead atoms. The molecule has 1 amide bonds. The third-order valence-electron chi connectivity index (χ3n) is 6.26. The molecule has 32 heavy (non-hydrogen) atoms. The number of likely N-dealkylation sites (N-methyl/N-ethyl adjacent to an activating group) is 1. The van der Waals surface area contributed by atoms with E-state index in [0.717, 1.165) is 37.6 Å². The number of carbonyl (C=O) groups excluding carboxylic acids is 1. The first-order chi connectivity index (χ1) is 15.5. The zero-order valence-electron chi connectivity index (χ0n) is 18.6. The molecule has 0 aromatic heterocycles. The zero-order valence-corrected chi connectivity index (χ0v) is 18.6. The van der Waals surface area contributed by atoms with Crippen LogP contribution in [0.1, 0.15) is 10.4 Å². The maximum absolute atomic E-state index is 13.1. The number of hydrogen-bond acceptors (Lipinski definition) is 7. The van der Waals surface area contributed by atoms with E-state index < -0.39 is 0 Å². The van der Waals surface area contributed by atoms with Gasteiger partial charge in [0.2, 0.25) is 0 Å². The van der Waals surface area contributed by atoms with Crippen LogP contribution in [-0.2, 0) is 0 Å². The maximum atomic E-state index is 13.1. The number of nitro groups is 1. The Balaban J connectivity index is 1.46. The molecule has 2 heterocycles. The third-order valence-corrected chi connectivity index (χ3v) is 6.26. The van der Waals surface area contributed by atoms with Gasteiger partial charge in [-0.1, -0.05) is 12.1 Å². The van der Waals surface area contributed by atoms with Crippen molar-refractivity contribution >= 4 is 23.0 Å². The largest absolute Gasteiger partial charge is 0.495 e. The molecule has 2 aliphatic rings. The molecular formula is C23H29N5O4. The second-order valence-corrected chi connectivity index (χ2v) is 8.20. The fourth-order valence-corrected chi connectivity index (χ4v) is 4.34. The summed E-state index contributed by atoms with van der Waals surface area (Å²) in [5, 5.41) is 11.8. The number of anilines is 2. The highest BCUT2D eigenvalue weighted by atomic mass is 16.6. The first-order valence-corrected chi connectivity index (χ1v) is 10.9. The van der Waals surface area contributed by atoms with Crippen molar-refractivity contribution in [2.24, 2.45) is 0 Å². The summed E-state index contributed by atoms with van der Waals surface area (Å²) in [5.74, 6) is 0.639. The van der Waals surface area contributed by atoms with Crippen LogP contribution in [0.2, 0.25) is 0 Å². The molecular weight excluding hydrogens is 410 g/mol. The lowest BCUT2D eigenvalue weighted by Crippen LogP contribution is -2.49. The molecule has 0 saturated carbocycles. The van der Waals surface area contributed by atoms with Gasteiger partial charge in [-0.25, -0.2) is 0 Å². The van der Waals surface area contributed by atoms with Gasteiger partial charge in [-0.05, 0) is 31.3 Å². The molecule has 2 fully saturated rings. The van der Waals surface area contributed by atoms with Crippen molar-refractivity contribution in [2.75, 3.05) is 76.3 Å². The molecule has 0 N–H and O–H groups in total. The van der Waals surface area contributed by atoms with E-state index in [1.54, 1.807) is 24.1 Å². The highest BCUT2D eigenvalue weighted by Gasteiger charge is 2.27. The molecule has 0 atom stereocenters. The minimum atomic E-state index is -0.385. The quantitative estimate of drug-likeness (QED) is 0.522. The van der Waals surface area contributed by atoms with Gasteiger partial charge >= 0.3 is 0 Å². The average Bonchev–Trinajstić information content (AvgIpc) is 2.84. The Bertz CT molecular complexity index is 982. The van der Waals surface area contributed by atoms with Crippen LogP contribution in [0.4, 0.5) is 17.1 Å². The molecule has 0 aliphatic carbocycles. The average molecular weight is 440 g/mol. The minimum Gasteiger partial charge on any atom is -0.495 e. The SMILES string of the molecule is COc1ccccc1N1CCN(C(=O)c2ccc(N3CCN(C)CC3)c([N+](=O)[O-])c2)CC1. The van der Waals surface area contributed by atoms with E-state index in [1.807, 2.05) is 36.2 Å². The standard InChI is InChI=1S/C23H29N5O4/c1-24-9-11-25(12-10-24)19-8-7-18(17-21(19)28(30)31)23(29)27-15-13-26(14-16-27)20-5-3-4-6-22(20)32-2/h3-8,17H,9-16H2,1-2H3. The summed E-state index contributed by atoms with van der Waals surface area (Å²) in [6.07, 6.45) is 0. The van der Waals surface area contributed by atoms with Gasteiger partial charge in [-0.15, -0.1) is 0 Å². The van der Waals surface area contributed by atoms with Crippen molar-refractivity contribution in [3.05, 3.63) is 58.1 Å². The number of nitro benzene ring substituents is 1. The Morgan fingerprint density at radius 1 is 0.906 bits per heavy atom. The molecule has 2 saturated heterocycles. The van der Waals surface area contributed by atoms with Gasteiger partial charge in [0.05, 0.1) is 17.7 Å². The second-order valence-electron chi connectivity index (χ2n) is 8.20. The fourth-order valence-electron chi connectivity index (χ4n) is 4.34. The molecule has 0 unspecified atom stereocenters. The highest BCUT2D eigenvalue weighted by molar-refractivity contribution is 5.96. The van der Waals surface area contributed by atoms with Crippen LogP contribution in [0.3, 0.4) is 0 Å². The summed E-state index contributed by atoms with van der Waals surface area (Å²) < 4.78 is 5.45. The Morgan fingerprint density at radius 2 is 1.53 bits per heavy atom. The Kier molecular flexibility index (Phi) is 6.45. The maximum Gasteiger partial charge on any atom is 0.293 e. The van der Waals surface area contributed by atoms with E-state index in [1.165, 1.54) is 6.07 Å². The smallest absolute Gasteiger partial charge is 0.293 e. The molecule has 9 nitrogen and oxygen atoms in total. The number of carbonyl (C=O) groups is 1. The van der Waals surface area contributed by atoms with Crippen molar-refractivity contribution in [1.82, 2.24) is 9.80 Å². The number of benzene rings is 2. The van der Waals surface area contributed by atoms with Crippen molar-refractivity contribution in [2.45, 2.75) is 0 Å². The lowest BCUT2D eigenvalue weighted by Gasteiger charge is -2.36. The number of methoxy groups -OCH3 is 1. The van der Waals surface area contributed by atoms with E-state index in [-0.39, 0.29) is 16.5 Å². The van der Waals surface area contributed by atoms with Gasteiger partial charge in [0.25, 0.3) is 11.6 Å². The van der Waals surface area contributed by atoms with Gasteiger partial charge in [0, 0.05) is 64.0 Å². The number of ether oxygens (including phenoxy) is 1. The summed E-state index contributed by atoms with van der Waals surface area (Å²) in [4.78, 5) is 32.7. The fraction of sp³-hybridized carbons (Fsp3) is 0.435. The molecule has 2 aliphatic heterocycles. The Hall–Kier alpha value is -3.33. The van der Waals surface area contributed by atoms with Crippen molar-refractivity contribution < 1.29 is 14.5 Å². The molecule has 2 aromatic carbocycles. The summed E-state index contributed by atoms with van der Waals surface area (Å²) in [6, 6.07) is 12.7. The normalized spacial score (nSPS) is 17.4. The van der Waals surface area contributed by atoms with E-state index in [2.05, 4.69) is 9.80 Å². The first kappa shape index (κ1) is 21.9. The van der Waals surface area contributed by atoms with Gasteiger partial charge in [0.1, 0.15) is 11.4 Å². The summed E-state index contributed by atoms with van der Waals surface area (Å²) in [7, 11) is 3.69. The Morgan fingerprint density at radius 3 is 2.19 bits per heavy atom.